The normalized spacial score (nSPS) is 10.3. The van der Waals surface area contributed by atoms with E-state index in [0.717, 1.165) is 27.8 Å². The van der Waals surface area contributed by atoms with Gasteiger partial charge in [0.25, 0.3) is 0 Å². The van der Waals surface area contributed by atoms with Crippen LogP contribution in [0.2, 0.25) is 0 Å². The van der Waals surface area contributed by atoms with Crippen LogP contribution in [-0.4, -0.2) is 30.9 Å². The van der Waals surface area contributed by atoms with Crippen molar-refractivity contribution in [2.75, 3.05) is 13.2 Å². The van der Waals surface area contributed by atoms with Gasteiger partial charge < -0.3 is 15.4 Å². The Hall–Kier alpha value is -3.15. The summed E-state index contributed by atoms with van der Waals surface area (Å²) in [5, 5.41) is 5.06. The molecule has 0 aliphatic heterocycles. The van der Waals surface area contributed by atoms with Gasteiger partial charge in [0.2, 0.25) is 5.78 Å². The Kier molecular flexibility index (Phi) is 7.32. The highest BCUT2D eigenvalue weighted by molar-refractivity contribution is 6.00. The highest BCUT2D eigenvalue weighted by atomic mass is 16.5. The number of ketones is 1. The molecule has 0 radical (unpaired) electrons. The maximum absolute atomic E-state index is 12.4. The van der Waals surface area contributed by atoms with Crippen molar-refractivity contribution in [3.63, 3.8) is 0 Å². The zero-order chi connectivity index (χ0) is 20.7. The summed E-state index contributed by atoms with van der Waals surface area (Å²) < 4.78 is 5.01. The van der Waals surface area contributed by atoms with E-state index in [4.69, 9.17) is 4.74 Å². The molecule has 6 heteroatoms. The number of urea groups is 1. The summed E-state index contributed by atoms with van der Waals surface area (Å²) in [7, 11) is 0. The number of hydrogen-bond donors (Lipinski definition) is 2. The van der Waals surface area contributed by atoms with Gasteiger partial charge in [-0.2, -0.15) is 0 Å². The van der Waals surface area contributed by atoms with Crippen molar-refractivity contribution in [2.24, 2.45) is 0 Å². The summed E-state index contributed by atoms with van der Waals surface area (Å²) in [6.07, 6.45) is 0. The summed E-state index contributed by atoms with van der Waals surface area (Å²) in [5.74, 6) is -0.924. The molecule has 148 valence electrons. The molecule has 6 nitrogen and oxygen atoms in total. The Bertz CT molecular complexity index is 876. The first-order valence-corrected chi connectivity index (χ1v) is 9.11. The van der Waals surface area contributed by atoms with Gasteiger partial charge >= 0.3 is 12.0 Å². The molecule has 0 aliphatic rings. The number of esters is 1. The van der Waals surface area contributed by atoms with E-state index in [1.54, 1.807) is 0 Å². The van der Waals surface area contributed by atoms with Gasteiger partial charge in [-0.25, -0.2) is 4.79 Å². The van der Waals surface area contributed by atoms with E-state index in [-0.39, 0.29) is 18.9 Å². The molecule has 0 spiro atoms. The van der Waals surface area contributed by atoms with E-state index in [1.807, 2.05) is 64.1 Å². The second-order valence-corrected chi connectivity index (χ2v) is 6.72. The number of benzene rings is 2. The highest BCUT2D eigenvalue weighted by Gasteiger charge is 2.16. The van der Waals surface area contributed by atoms with Crippen LogP contribution in [0.4, 0.5) is 4.79 Å². The maximum Gasteiger partial charge on any atom is 0.325 e. The third-order valence-corrected chi connectivity index (χ3v) is 4.84. The molecule has 2 aromatic carbocycles. The Balaban J connectivity index is 1.78. The average molecular weight is 382 g/mol. The molecule has 2 aromatic rings. The molecule has 0 aliphatic carbocycles. The molecule has 2 N–H and O–H groups in total. The number of aryl methyl sites for hydroxylation is 1. The molecule has 2 rings (SSSR count). The lowest BCUT2D eigenvalue weighted by molar-refractivity contribution is -0.141. The monoisotopic (exact) mass is 382 g/mol. The van der Waals surface area contributed by atoms with Crippen molar-refractivity contribution < 1.29 is 19.1 Å². The molecule has 0 bridgehead atoms. The first-order chi connectivity index (χ1) is 13.3. The first-order valence-electron chi connectivity index (χ1n) is 9.11. The second kappa shape index (κ2) is 9.69. The fourth-order valence-corrected chi connectivity index (χ4v) is 2.77. The van der Waals surface area contributed by atoms with Crippen LogP contribution in [0.1, 0.15) is 38.2 Å². The quantitative estimate of drug-likeness (QED) is 0.569. The summed E-state index contributed by atoms with van der Waals surface area (Å²) in [4.78, 5) is 36.0. The van der Waals surface area contributed by atoms with Gasteiger partial charge in [-0.3, -0.25) is 9.59 Å². The number of Topliss-reactive ketones (excluding diaryl/α,β-unsaturated/α-hetero) is 1. The van der Waals surface area contributed by atoms with Crippen molar-refractivity contribution in [1.29, 1.82) is 0 Å². The predicted molar refractivity (Wildman–Crippen MR) is 107 cm³/mol. The lowest BCUT2D eigenvalue weighted by atomic mass is 9.93. The molecule has 0 saturated heterocycles. The topological polar surface area (TPSA) is 84.5 Å². The highest BCUT2D eigenvalue weighted by Crippen LogP contribution is 2.21. The third kappa shape index (κ3) is 5.67. The molecule has 0 saturated carbocycles. The van der Waals surface area contributed by atoms with Crippen LogP contribution in [0.5, 0.6) is 0 Å². The minimum Gasteiger partial charge on any atom is -0.456 e. The smallest absolute Gasteiger partial charge is 0.325 e. The van der Waals surface area contributed by atoms with Crippen molar-refractivity contribution >= 4 is 17.8 Å². The zero-order valence-corrected chi connectivity index (χ0v) is 16.7. The molecule has 2 amide bonds. The van der Waals surface area contributed by atoms with Gasteiger partial charge in [-0.05, 0) is 61.6 Å². The molecule has 0 heterocycles. The van der Waals surface area contributed by atoms with E-state index in [2.05, 4.69) is 10.6 Å². The van der Waals surface area contributed by atoms with Gasteiger partial charge in [0, 0.05) is 12.1 Å². The Morgan fingerprint density at radius 2 is 1.57 bits per heavy atom. The zero-order valence-electron chi connectivity index (χ0n) is 16.7. The van der Waals surface area contributed by atoms with Crippen LogP contribution in [0, 0.1) is 27.7 Å². The van der Waals surface area contributed by atoms with Gasteiger partial charge in [-0.15, -0.1) is 0 Å². The maximum atomic E-state index is 12.4. The van der Waals surface area contributed by atoms with E-state index in [9.17, 15) is 14.4 Å². The molecule has 0 fully saturated rings. The molecule has 0 aromatic heterocycles. The van der Waals surface area contributed by atoms with Gasteiger partial charge in [-0.1, -0.05) is 30.3 Å². The number of carbonyl (C=O) groups is 3. The molecule has 28 heavy (non-hydrogen) atoms. The largest absolute Gasteiger partial charge is 0.456 e. The lowest BCUT2D eigenvalue weighted by Gasteiger charge is -2.13. The Morgan fingerprint density at radius 3 is 2.25 bits per heavy atom. The first kappa shape index (κ1) is 21.2. The number of ether oxygens (including phenoxy) is 1. The number of carbonyl (C=O) groups excluding carboxylic acids is 3. The lowest BCUT2D eigenvalue weighted by Crippen LogP contribution is -2.38. The van der Waals surface area contributed by atoms with Crippen molar-refractivity contribution in [3.05, 3.63) is 69.8 Å². The van der Waals surface area contributed by atoms with Gasteiger partial charge in [0.05, 0.1) is 0 Å². The summed E-state index contributed by atoms with van der Waals surface area (Å²) >= 11 is 0. The fraction of sp³-hybridized carbons (Fsp3) is 0.318. The van der Waals surface area contributed by atoms with Crippen molar-refractivity contribution in [2.45, 2.75) is 34.2 Å². The fourth-order valence-electron chi connectivity index (χ4n) is 2.77. The third-order valence-electron chi connectivity index (χ3n) is 4.84. The number of rotatable bonds is 7. The van der Waals surface area contributed by atoms with Crippen molar-refractivity contribution in [1.82, 2.24) is 10.6 Å². The number of amides is 2. The Morgan fingerprint density at radius 1 is 0.893 bits per heavy atom. The molecular formula is C22H26N2O4. The molecular weight excluding hydrogens is 356 g/mol. The predicted octanol–water partition coefficient (Wildman–Crippen LogP) is 3.15. The van der Waals surface area contributed by atoms with Crippen molar-refractivity contribution in [3.8, 4) is 0 Å². The molecule has 0 atom stereocenters. The average Bonchev–Trinajstić information content (AvgIpc) is 2.70. The Labute approximate surface area is 165 Å². The summed E-state index contributed by atoms with van der Waals surface area (Å²) in [6, 6.07) is 10.8. The van der Waals surface area contributed by atoms with Crippen LogP contribution in [0.3, 0.4) is 0 Å². The number of hydrogen-bond acceptors (Lipinski definition) is 4. The summed E-state index contributed by atoms with van der Waals surface area (Å²) in [5.41, 5.74) is 5.63. The number of nitrogens with one attached hydrogen (secondary N) is 2. The van der Waals surface area contributed by atoms with Crippen LogP contribution >= 0.6 is 0 Å². The van der Waals surface area contributed by atoms with Crippen LogP contribution in [0.25, 0.3) is 0 Å². The standard InChI is InChI=1S/C22H26N2O4/c1-14-10-19(17(4)16(3)15(14)2)20(25)13-28-21(26)12-24-22(27)23-11-18-8-6-5-7-9-18/h5-10H,11-13H2,1-4H3,(H2,23,24,27). The minimum atomic E-state index is -0.665. The van der Waals surface area contributed by atoms with Crippen LogP contribution in [0.15, 0.2) is 36.4 Å². The van der Waals surface area contributed by atoms with E-state index in [0.29, 0.717) is 12.1 Å². The second-order valence-electron chi connectivity index (χ2n) is 6.72. The summed E-state index contributed by atoms with van der Waals surface area (Å²) in [6.45, 7) is 7.51. The minimum absolute atomic E-state index is 0.259. The SMILES string of the molecule is Cc1cc(C(=O)COC(=O)CNC(=O)NCc2ccccc2)c(C)c(C)c1C. The van der Waals surface area contributed by atoms with E-state index < -0.39 is 12.0 Å². The van der Waals surface area contributed by atoms with Crippen LogP contribution in [-0.2, 0) is 16.1 Å². The molecule has 0 unspecified atom stereocenters. The van der Waals surface area contributed by atoms with E-state index in [1.165, 1.54) is 0 Å². The van der Waals surface area contributed by atoms with E-state index >= 15 is 0 Å². The van der Waals surface area contributed by atoms with Crippen LogP contribution < -0.4 is 10.6 Å². The van der Waals surface area contributed by atoms with Gasteiger partial charge in [0.15, 0.2) is 6.61 Å². The van der Waals surface area contributed by atoms with Gasteiger partial charge in [0.1, 0.15) is 6.54 Å².